The molecule has 0 aliphatic rings. The number of aromatic nitrogens is 1. The number of nitrogens with one attached hydrogen (secondary N) is 1. The van der Waals surface area contributed by atoms with E-state index in [-0.39, 0.29) is 11.7 Å². The van der Waals surface area contributed by atoms with E-state index >= 15 is 0 Å². The van der Waals surface area contributed by atoms with Crippen molar-refractivity contribution in [3.05, 3.63) is 66.4 Å². The first-order valence-corrected chi connectivity index (χ1v) is 9.55. The number of furan rings is 1. The van der Waals surface area contributed by atoms with E-state index in [0.29, 0.717) is 23.8 Å². The number of benzene rings is 2. The third kappa shape index (κ3) is 3.71. The van der Waals surface area contributed by atoms with Gasteiger partial charge in [-0.2, -0.15) is 0 Å². The lowest BCUT2D eigenvalue weighted by atomic mass is 10.3. The summed E-state index contributed by atoms with van der Waals surface area (Å²) in [5.41, 5.74) is 1.54. The van der Waals surface area contributed by atoms with E-state index in [2.05, 4.69) is 10.3 Å². The largest absolute Gasteiger partial charge is 0.491 e. The number of hydrogen-bond donors (Lipinski definition) is 1. The highest BCUT2D eigenvalue weighted by atomic mass is 32.1. The molecule has 2 heterocycles. The molecule has 4 aromatic rings. The highest BCUT2D eigenvalue weighted by Crippen LogP contribution is 2.31. The van der Waals surface area contributed by atoms with E-state index in [4.69, 9.17) is 9.15 Å². The Labute approximate surface area is 160 Å². The van der Waals surface area contributed by atoms with Gasteiger partial charge in [0.25, 0.3) is 5.91 Å². The first kappa shape index (κ1) is 17.3. The topological polar surface area (TPSA) is 64.4 Å². The normalized spacial score (nSPS) is 10.9. The maximum Gasteiger partial charge on any atom is 0.291 e. The average molecular weight is 378 g/mol. The number of rotatable bonds is 6. The van der Waals surface area contributed by atoms with Crippen LogP contribution in [0.15, 0.2) is 65.1 Å². The molecule has 5 nitrogen and oxygen atoms in total. The molecule has 0 atom stereocenters. The smallest absolute Gasteiger partial charge is 0.291 e. The number of para-hydroxylation sites is 3. The van der Waals surface area contributed by atoms with Gasteiger partial charge in [-0.1, -0.05) is 31.2 Å². The molecular weight excluding hydrogens is 360 g/mol. The summed E-state index contributed by atoms with van der Waals surface area (Å²) < 4.78 is 12.5. The Morgan fingerprint density at radius 2 is 1.93 bits per heavy atom. The number of thiazole rings is 1. The van der Waals surface area contributed by atoms with Crippen LogP contribution in [0.5, 0.6) is 5.75 Å². The van der Waals surface area contributed by atoms with Crippen LogP contribution in [0.1, 0.15) is 23.9 Å². The average Bonchev–Trinajstić information content (AvgIpc) is 3.34. The van der Waals surface area contributed by atoms with Gasteiger partial charge in [0.15, 0.2) is 16.5 Å². The second-order valence-corrected chi connectivity index (χ2v) is 6.98. The van der Waals surface area contributed by atoms with Crippen LogP contribution in [0.3, 0.4) is 0 Å². The number of amides is 1. The van der Waals surface area contributed by atoms with Crippen molar-refractivity contribution in [3.63, 3.8) is 0 Å². The molecule has 0 radical (unpaired) electrons. The summed E-state index contributed by atoms with van der Waals surface area (Å²) in [7, 11) is 0. The highest BCUT2D eigenvalue weighted by molar-refractivity contribution is 7.21. The van der Waals surface area contributed by atoms with Crippen molar-refractivity contribution in [1.82, 2.24) is 4.98 Å². The van der Waals surface area contributed by atoms with E-state index in [1.54, 1.807) is 18.2 Å². The Hall–Kier alpha value is -3.12. The molecule has 136 valence electrons. The highest BCUT2D eigenvalue weighted by Gasteiger charge is 2.16. The molecule has 27 heavy (non-hydrogen) atoms. The minimum absolute atomic E-state index is 0.231. The van der Waals surface area contributed by atoms with Gasteiger partial charge in [-0.25, -0.2) is 4.98 Å². The van der Waals surface area contributed by atoms with Crippen LogP contribution in [-0.4, -0.2) is 17.5 Å². The summed E-state index contributed by atoms with van der Waals surface area (Å²) in [6, 6.07) is 18.7. The lowest BCUT2D eigenvalue weighted by Gasteiger charge is -2.11. The first-order chi connectivity index (χ1) is 13.2. The van der Waals surface area contributed by atoms with Crippen LogP contribution in [-0.2, 0) is 0 Å². The number of hydrogen-bond acceptors (Lipinski definition) is 5. The fourth-order valence-electron chi connectivity index (χ4n) is 2.64. The predicted molar refractivity (Wildman–Crippen MR) is 108 cm³/mol. The predicted octanol–water partition coefficient (Wildman–Crippen LogP) is 5.60. The van der Waals surface area contributed by atoms with Crippen LogP contribution in [0, 0.1) is 0 Å². The second-order valence-electron chi connectivity index (χ2n) is 5.95. The molecule has 0 saturated carbocycles. The van der Waals surface area contributed by atoms with E-state index in [1.807, 2.05) is 49.4 Å². The van der Waals surface area contributed by atoms with E-state index in [0.717, 1.165) is 21.6 Å². The summed E-state index contributed by atoms with van der Waals surface area (Å²) in [6.07, 6.45) is 0.895. The van der Waals surface area contributed by atoms with E-state index < -0.39 is 0 Å². The van der Waals surface area contributed by atoms with Gasteiger partial charge in [0.05, 0.1) is 22.5 Å². The Morgan fingerprint density at radius 3 is 2.78 bits per heavy atom. The molecule has 1 N–H and O–H groups in total. The van der Waals surface area contributed by atoms with Crippen molar-refractivity contribution in [2.45, 2.75) is 13.3 Å². The fourth-order valence-corrected chi connectivity index (χ4v) is 3.57. The molecule has 6 heteroatoms. The van der Waals surface area contributed by atoms with Crippen LogP contribution < -0.4 is 10.1 Å². The lowest BCUT2D eigenvalue weighted by Crippen LogP contribution is -2.12. The molecule has 0 bridgehead atoms. The monoisotopic (exact) mass is 378 g/mol. The van der Waals surface area contributed by atoms with Gasteiger partial charge in [-0.05, 0) is 42.8 Å². The number of nitrogens with zero attached hydrogens (tertiary/aromatic N) is 1. The Balaban J connectivity index is 1.54. The summed E-state index contributed by atoms with van der Waals surface area (Å²) in [5, 5.41) is 3.60. The molecule has 2 aromatic carbocycles. The molecular formula is C21H18N2O3S. The Kier molecular flexibility index (Phi) is 4.89. The van der Waals surface area contributed by atoms with Crippen molar-refractivity contribution in [2.24, 2.45) is 0 Å². The third-order valence-electron chi connectivity index (χ3n) is 3.93. The second kappa shape index (κ2) is 7.63. The zero-order valence-electron chi connectivity index (χ0n) is 14.8. The van der Waals surface area contributed by atoms with Gasteiger partial charge in [0, 0.05) is 0 Å². The van der Waals surface area contributed by atoms with Crippen molar-refractivity contribution in [2.75, 3.05) is 11.9 Å². The molecule has 0 unspecified atom stereocenters. The first-order valence-electron chi connectivity index (χ1n) is 8.73. The van der Waals surface area contributed by atoms with Crippen LogP contribution in [0.4, 0.5) is 5.69 Å². The lowest BCUT2D eigenvalue weighted by molar-refractivity contribution is 0.0997. The number of carbonyl (C=O) groups is 1. The third-order valence-corrected chi connectivity index (χ3v) is 4.98. The van der Waals surface area contributed by atoms with Crippen LogP contribution in [0.2, 0.25) is 0 Å². The Morgan fingerprint density at radius 1 is 1.11 bits per heavy atom. The van der Waals surface area contributed by atoms with Crippen LogP contribution in [0.25, 0.3) is 21.0 Å². The van der Waals surface area contributed by atoms with Gasteiger partial charge in [-0.15, -0.1) is 11.3 Å². The molecule has 0 fully saturated rings. The molecule has 4 rings (SSSR count). The SMILES string of the molecule is CCCOc1ccccc1NC(=O)c1ccc(-c2nc3ccccc3s2)o1. The standard InChI is InChI=1S/C21H18N2O3S/c1-2-13-25-16-9-5-3-7-14(16)22-20(24)17-11-12-18(26-17)21-23-15-8-4-6-10-19(15)27-21/h3-12H,2,13H2,1H3,(H,22,24). The summed E-state index contributed by atoms with van der Waals surface area (Å²) in [5.74, 6) is 1.13. The molecule has 0 aliphatic heterocycles. The van der Waals surface area contributed by atoms with Gasteiger partial charge in [0.1, 0.15) is 5.75 Å². The van der Waals surface area contributed by atoms with Crippen molar-refractivity contribution in [3.8, 4) is 16.5 Å². The molecule has 0 spiro atoms. The Bertz CT molecular complexity index is 1050. The minimum Gasteiger partial charge on any atom is -0.491 e. The van der Waals surface area contributed by atoms with Gasteiger partial charge < -0.3 is 14.5 Å². The van der Waals surface area contributed by atoms with E-state index in [9.17, 15) is 4.79 Å². The van der Waals surface area contributed by atoms with Crippen molar-refractivity contribution < 1.29 is 13.9 Å². The maximum absolute atomic E-state index is 12.6. The molecule has 1 amide bonds. The zero-order chi connectivity index (χ0) is 18.6. The fraction of sp³-hybridized carbons (Fsp3) is 0.143. The number of ether oxygens (including phenoxy) is 1. The van der Waals surface area contributed by atoms with E-state index in [1.165, 1.54) is 11.3 Å². The maximum atomic E-state index is 12.6. The minimum atomic E-state index is -0.324. The summed E-state index contributed by atoms with van der Waals surface area (Å²) in [4.78, 5) is 17.1. The summed E-state index contributed by atoms with van der Waals surface area (Å²) in [6.45, 7) is 2.63. The zero-order valence-corrected chi connectivity index (χ0v) is 15.6. The number of fused-ring (bicyclic) bond motifs is 1. The van der Waals surface area contributed by atoms with Gasteiger partial charge >= 0.3 is 0 Å². The summed E-state index contributed by atoms with van der Waals surface area (Å²) >= 11 is 1.53. The number of carbonyl (C=O) groups excluding carboxylic acids is 1. The number of anilines is 1. The quantitative estimate of drug-likeness (QED) is 0.474. The van der Waals surface area contributed by atoms with Crippen LogP contribution >= 0.6 is 11.3 Å². The van der Waals surface area contributed by atoms with Gasteiger partial charge in [0.2, 0.25) is 0 Å². The van der Waals surface area contributed by atoms with Crippen molar-refractivity contribution in [1.29, 1.82) is 0 Å². The van der Waals surface area contributed by atoms with Crippen molar-refractivity contribution >= 4 is 33.1 Å². The molecule has 0 aliphatic carbocycles. The molecule has 2 aromatic heterocycles. The molecule has 0 saturated heterocycles. The van der Waals surface area contributed by atoms with Gasteiger partial charge in [-0.3, -0.25) is 4.79 Å².